The van der Waals surface area contributed by atoms with E-state index in [1.807, 2.05) is 24.3 Å². The summed E-state index contributed by atoms with van der Waals surface area (Å²) in [4.78, 5) is 25.7. The summed E-state index contributed by atoms with van der Waals surface area (Å²) in [5.74, 6) is -1.20. The van der Waals surface area contributed by atoms with Gasteiger partial charge in [0.2, 0.25) is 0 Å². The van der Waals surface area contributed by atoms with Crippen molar-refractivity contribution >= 4 is 17.9 Å². The molecule has 1 aliphatic carbocycles. The highest BCUT2D eigenvalue weighted by molar-refractivity contribution is 5.91. The zero-order valence-corrected chi connectivity index (χ0v) is 15.5. The number of benzene rings is 2. The molecule has 7 heteroatoms. The molecule has 2 aromatic carbocycles. The largest absolute Gasteiger partial charge is 0.481 e. The summed E-state index contributed by atoms with van der Waals surface area (Å²) in [6, 6.07) is 16.3. The fraction of sp³-hybridized carbons (Fsp3) is 0.227. The van der Waals surface area contributed by atoms with Crippen LogP contribution in [0.5, 0.6) is 0 Å². The van der Waals surface area contributed by atoms with E-state index in [-0.39, 0.29) is 19.1 Å². The Kier molecular flexibility index (Phi) is 4.08. The summed E-state index contributed by atoms with van der Waals surface area (Å²) >= 11 is 0. The van der Waals surface area contributed by atoms with Gasteiger partial charge in [0.25, 0.3) is 0 Å². The number of amides is 1. The molecule has 1 atom stereocenters. The predicted octanol–water partition coefficient (Wildman–Crippen LogP) is 3.74. The zero-order chi connectivity index (χ0) is 20.0. The summed E-state index contributed by atoms with van der Waals surface area (Å²) in [6.07, 6.45) is 1.30. The van der Waals surface area contributed by atoms with Crippen LogP contribution >= 0.6 is 0 Å². The normalized spacial score (nSPS) is 17.4. The van der Waals surface area contributed by atoms with Crippen molar-refractivity contribution in [3.8, 4) is 11.1 Å². The van der Waals surface area contributed by atoms with Crippen LogP contribution in [0, 0.1) is 0 Å². The third kappa shape index (κ3) is 2.77. The van der Waals surface area contributed by atoms with Crippen LogP contribution in [-0.2, 0) is 9.53 Å². The van der Waals surface area contributed by atoms with E-state index in [9.17, 15) is 14.7 Å². The average molecular weight is 389 g/mol. The first kappa shape index (κ1) is 17.5. The van der Waals surface area contributed by atoms with Crippen LogP contribution in [0.25, 0.3) is 11.1 Å². The summed E-state index contributed by atoms with van der Waals surface area (Å²) in [7, 11) is 0. The summed E-state index contributed by atoms with van der Waals surface area (Å²) in [6.45, 7) is 0.484. The van der Waals surface area contributed by atoms with Crippen molar-refractivity contribution in [1.29, 1.82) is 0 Å². The number of anilines is 1. The Labute approximate surface area is 166 Å². The molecule has 1 unspecified atom stereocenters. The number of hydrogen-bond donors (Lipinski definition) is 2. The number of aliphatic carboxylic acids is 1. The number of carbonyl (C=O) groups excluding carboxylic acids is 1. The number of aromatic nitrogens is 2. The first-order chi connectivity index (χ1) is 14.1. The van der Waals surface area contributed by atoms with Gasteiger partial charge in [-0.15, -0.1) is 0 Å². The quantitative estimate of drug-likeness (QED) is 0.712. The fourth-order valence-corrected chi connectivity index (χ4v) is 4.40. The van der Waals surface area contributed by atoms with E-state index < -0.39 is 18.0 Å². The molecule has 0 saturated carbocycles. The number of fused-ring (bicyclic) bond motifs is 4. The van der Waals surface area contributed by atoms with Crippen molar-refractivity contribution in [2.75, 3.05) is 18.1 Å². The Bertz CT molecular complexity index is 1060. The smallest absolute Gasteiger partial charge is 0.415 e. The molecule has 146 valence electrons. The van der Waals surface area contributed by atoms with Gasteiger partial charge in [0.1, 0.15) is 12.4 Å². The van der Waals surface area contributed by atoms with Crippen LogP contribution in [0.1, 0.15) is 34.9 Å². The van der Waals surface area contributed by atoms with Gasteiger partial charge >= 0.3 is 12.1 Å². The number of aromatic amines is 1. The maximum atomic E-state index is 12.8. The lowest BCUT2D eigenvalue weighted by Gasteiger charge is -2.29. The van der Waals surface area contributed by atoms with E-state index in [1.165, 1.54) is 22.2 Å². The Balaban J connectivity index is 1.37. The van der Waals surface area contributed by atoms with Crippen LogP contribution < -0.4 is 4.90 Å². The number of hydrogen-bond acceptors (Lipinski definition) is 4. The average Bonchev–Trinajstić information content (AvgIpc) is 3.34. The minimum atomic E-state index is -0.917. The first-order valence-corrected chi connectivity index (χ1v) is 9.53. The number of ether oxygens (including phenoxy) is 1. The molecule has 2 aliphatic rings. The van der Waals surface area contributed by atoms with E-state index in [1.54, 1.807) is 0 Å². The van der Waals surface area contributed by atoms with E-state index >= 15 is 0 Å². The summed E-state index contributed by atoms with van der Waals surface area (Å²) in [5, 5.41) is 16.1. The third-order valence-electron chi connectivity index (χ3n) is 5.79. The van der Waals surface area contributed by atoms with Crippen molar-refractivity contribution in [1.82, 2.24) is 10.2 Å². The molecule has 0 radical (unpaired) electrons. The number of nitrogens with one attached hydrogen (secondary N) is 1. The molecule has 2 heterocycles. The highest BCUT2D eigenvalue weighted by Gasteiger charge is 2.36. The van der Waals surface area contributed by atoms with E-state index in [2.05, 4.69) is 34.5 Å². The Morgan fingerprint density at radius 3 is 2.38 bits per heavy atom. The standard InChI is InChI=1S/C22H19N3O4/c26-21(27)17-9-10-25(20-18(17)11-23-24-20)22(28)29-12-19-15-7-3-1-5-13(15)14-6-2-4-8-16(14)19/h1-8,11,17,19H,9-10,12H2,(H,23,24)(H,26,27). The van der Waals surface area contributed by atoms with Gasteiger partial charge < -0.3 is 9.84 Å². The fourth-order valence-electron chi connectivity index (χ4n) is 4.40. The van der Waals surface area contributed by atoms with Crippen LogP contribution in [0.4, 0.5) is 10.6 Å². The lowest BCUT2D eigenvalue weighted by atomic mass is 9.94. The number of carboxylic acid groups (broad SMARTS) is 1. The molecule has 2 N–H and O–H groups in total. The molecule has 0 saturated heterocycles. The van der Waals surface area contributed by atoms with Crippen LogP contribution in [0.15, 0.2) is 54.7 Å². The van der Waals surface area contributed by atoms with Crippen molar-refractivity contribution in [3.63, 3.8) is 0 Å². The third-order valence-corrected chi connectivity index (χ3v) is 5.79. The SMILES string of the molecule is O=C(O)C1CCN(C(=O)OCC2c3ccccc3-c3ccccc32)c2[nH]ncc21. The molecule has 1 aliphatic heterocycles. The minimum absolute atomic E-state index is 0.0239. The van der Waals surface area contributed by atoms with Crippen molar-refractivity contribution < 1.29 is 19.4 Å². The molecule has 29 heavy (non-hydrogen) atoms. The maximum absolute atomic E-state index is 12.8. The molecule has 0 bridgehead atoms. The second-order valence-electron chi connectivity index (χ2n) is 7.31. The molecule has 7 nitrogen and oxygen atoms in total. The Morgan fingerprint density at radius 2 is 1.72 bits per heavy atom. The van der Waals surface area contributed by atoms with Gasteiger partial charge in [-0.1, -0.05) is 48.5 Å². The number of carbonyl (C=O) groups is 2. The second-order valence-corrected chi connectivity index (χ2v) is 7.31. The second kappa shape index (κ2) is 6.77. The number of H-pyrrole nitrogens is 1. The van der Waals surface area contributed by atoms with Gasteiger partial charge in [0.15, 0.2) is 0 Å². The van der Waals surface area contributed by atoms with Gasteiger partial charge in [-0.25, -0.2) is 4.79 Å². The topological polar surface area (TPSA) is 95.5 Å². The molecular weight excluding hydrogens is 370 g/mol. The van der Waals surface area contributed by atoms with Crippen LogP contribution in [0.2, 0.25) is 0 Å². The molecule has 0 spiro atoms. The number of carboxylic acids is 1. The molecule has 5 rings (SSSR count). The van der Waals surface area contributed by atoms with Crippen molar-refractivity contribution in [2.24, 2.45) is 0 Å². The number of nitrogens with zero attached hydrogens (tertiary/aromatic N) is 2. The molecular formula is C22H19N3O4. The summed E-state index contributed by atoms with van der Waals surface area (Å²) < 4.78 is 5.69. The summed E-state index contributed by atoms with van der Waals surface area (Å²) in [5.41, 5.74) is 5.14. The predicted molar refractivity (Wildman–Crippen MR) is 106 cm³/mol. The van der Waals surface area contributed by atoms with E-state index in [0.717, 1.165) is 11.1 Å². The van der Waals surface area contributed by atoms with Gasteiger partial charge in [0, 0.05) is 18.0 Å². The lowest BCUT2D eigenvalue weighted by molar-refractivity contribution is -0.139. The monoisotopic (exact) mass is 389 g/mol. The Hall–Kier alpha value is -3.61. The van der Waals surface area contributed by atoms with Crippen molar-refractivity contribution in [3.05, 3.63) is 71.4 Å². The van der Waals surface area contributed by atoms with Gasteiger partial charge in [-0.05, 0) is 28.7 Å². The van der Waals surface area contributed by atoms with Gasteiger partial charge in [-0.3, -0.25) is 14.8 Å². The lowest BCUT2D eigenvalue weighted by Crippen LogP contribution is -2.39. The molecule has 1 aromatic heterocycles. The van der Waals surface area contributed by atoms with Crippen LogP contribution in [-0.4, -0.2) is 40.5 Å². The minimum Gasteiger partial charge on any atom is -0.481 e. The highest BCUT2D eigenvalue weighted by atomic mass is 16.6. The maximum Gasteiger partial charge on any atom is 0.415 e. The molecule has 0 fully saturated rings. The highest BCUT2D eigenvalue weighted by Crippen LogP contribution is 2.44. The first-order valence-electron chi connectivity index (χ1n) is 9.53. The van der Waals surface area contributed by atoms with E-state index in [0.29, 0.717) is 17.8 Å². The van der Waals surface area contributed by atoms with E-state index in [4.69, 9.17) is 4.74 Å². The van der Waals surface area contributed by atoms with Crippen LogP contribution in [0.3, 0.4) is 0 Å². The number of rotatable bonds is 3. The van der Waals surface area contributed by atoms with Gasteiger partial charge in [-0.2, -0.15) is 5.10 Å². The van der Waals surface area contributed by atoms with Gasteiger partial charge in [0.05, 0.1) is 12.1 Å². The molecule has 1 amide bonds. The zero-order valence-electron chi connectivity index (χ0n) is 15.5. The molecule has 3 aromatic rings. The van der Waals surface area contributed by atoms with Crippen molar-refractivity contribution in [2.45, 2.75) is 18.3 Å². The Morgan fingerprint density at radius 1 is 1.07 bits per heavy atom.